The van der Waals surface area contributed by atoms with Crippen LogP contribution in [-0.4, -0.2) is 127 Å². The molecule has 28 heteroatoms. The van der Waals surface area contributed by atoms with E-state index < -0.39 is 58.0 Å². The van der Waals surface area contributed by atoms with E-state index in [1.165, 1.54) is 42.5 Å². The number of nitro groups is 1. The summed E-state index contributed by atoms with van der Waals surface area (Å²) in [5, 5.41) is 78.8. The van der Waals surface area contributed by atoms with Gasteiger partial charge < -0.3 is 79.2 Å². The Morgan fingerprint density at radius 1 is 0.434 bits per heavy atom. The number of nitro benzene ring substituents is 1. The Kier molecular flexibility index (Phi) is 28.4. The Labute approximate surface area is 713 Å². The molecule has 16 rings (SSSR count). The van der Waals surface area contributed by atoms with E-state index in [1.807, 2.05) is 18.2 Å². The van der Waals surface area contributed by atoms with Crippen molar-refractivity contribution in [2.75, 3.05) is 19.6 Å². The summed E-state index contributed by atoms with van der Waals surface area (Å²) in [6.45, 7) is 15.0. The highest BCUT2D eigenvalue weighted by atomic mass is 16.7. The molecule has 0 bridgehead atoms. The van der Waals surface area contributed by atoms with Crippen LogP contribution in [0.15, 0.2) is 107 Å². The molecule has 12 aliphatic rings. The molecule has 2 amide bonds. The summed E-state index contributed by atoms with van der Waals surface area (Å²) in [5.74, 6) is 1.58. The van der Waals surface area contributed by atoms with Crippen molar-refractivity contribution >= 4 is 41.9 Å². The van der Waals surface area contributed by atoms with Crippen LogP contribution >= 0.6 is 0 Å². The molecule has 24 atom stereocenters. The summed E-state index contributed by atoms with van der Waals surface area (Å²) in [6.07, 6.45) is 29.0. The van der Waals surface area contributed by atoms with Gasteiger partial charge in [-0.1, -0.05) is 49.0 Å². The maximum Gasteiger partial charge on any atom is 0.514 e. The SMILES string of the molecule is C.C[C@]12CC[C@H](OC(=O)NCCCC(=O)O)C[C@H]1CC[C@@H]1[C@@H]2CC[C@]2(C)[C@@H](c3ccc(=O)oc3)CC[C@]12O.C[C@]12CC[C@H](OC(=O)NCCCC(=O)O)C[C@H]1CC[C@@H]1[C@@H]2CC[C@]2(C)[C@@H](c3ccc(=O)oc3)CC[C@]12O.C[C@]12CC[C@H](OC(=O)Oc3ccc([N+](=O)[O-])cc3)C[C@H]1CC[C@@H]1[C@@H]2CC[C@]2(C)[C@@H](c3ccc(=O)oc3)CC[C@]12O.NCCCC(=O)O. The number of nitrogens with zero attached hydrogens (tertiary/aromatic N) is 1. The first-order chi connectivity index (χ1) is 57.4. The van der Waals surface area contributed by atoms with E-state index in [0.717, 1.165) is 190 Å². The first kappa shape index (κ1) is 92.7. The third kappa shape index (κ3) is 18.2. The normalized spacial score (nSPS) is 37.8. The zero-order valence-electron chi connectivity index (χ0n) is 71.2. The molecule has 0 unspecified atom stereocenters. The maximum atomic E-state index is 12.5. The number of rotatable bonds is 19. The van der Waals surface area contributed by atoms with E-state index in [9.17, 15) is 68.6 Å². The number of aliphatic carboxylic acids is 3. The first-order valence-electron chi connectivity index (χ1n) is 44.7. The van der Waals surface area contributed by atoms with Crippen LogP contribution in [0.4, 0.5) is 20.1 Å². The maximum absolute atomic E-state index is 12.5. The molecule has 672 valence electrons. The number of non-ortho nitro benzene ring substituents is 1. The van der Waals surface area contributed by atoms with Crippen molar-refractivity contribution in [1.82, 2.24) is 10.6 Å². The molecule has 1 aromatic carbocycles. The molecule has 0 radical (unpaired) electrons. The Balaban J connectivity index is 0.000000160. The lowest BCUT2D eigenvalue weighted by atomic mass is 9.43. The average Bonchev–Trinajstić information content (AvgIpc) is 1.47. The van der Waals surface area contributed by atoms with Crippen molar-refractivity contribution in [3.8, 4) is 5.75 Å². The Morgan fingerprint density at radius 2 is 0.762 bits per heavy atom. The Hall–Kier alpha value is -8.47. The molecule has 3 heterocycles. The van der Waals surface area contributed by atoms with Gasteiger partial charge in [0.1, 0.15) is 24.1 Å². The fraction of sp³-hybridized carbons (Fsp3) is 0.713. The largest absolute Gasteiger partial charge is 0.514 e. The van der Waals surface area contributed by atoms with Gasteiger partial charge in [-0.3, -0.25) is 24.5 Å². The van der Waals surface area contributed by atoms with Gasteiger partial charge >= 0.3 is 53.1 Å². The summed E-state index contributed by atoms with van der Waals surface area (Å²) >= 11 is 0. The number of carboxylic acids is 3. The second-order valence-electron chi connectivity index (χ2n) is 39.4. The van der Waals surface area contributed by atoms with Crippen molar-refractivity contribution in [2.24, 2.45) is 91.5 Å². The van der Waals surface area contributed by atoms with Crippen LogP contribution in [0, 0.1) is 95.9 Å². The number of carboxylic acid groups (broad SMARTS) is 3. The van der Waals surface area contributed by atoms with Crippen molar-refractivity contribution in [2.45, 2.75) is 314 Å². The van der Waals surface area contributed by atoms with E-state index in [2.05, 4.69) is 52.2 Å². The van der Waals surface area contributed by atoms with Gasteiger partial charge in [-0.05, 0) is 333 Å². The third-order valence-corrected chi connectivity index (χ3v) is 34.1. The molecular weight excluding hydrogens is 1570 g/mol. The standard InChI is InChI=1S/C31H37NO8.2C29H41NO7.C4H9NO2.CH4/c1-29-14-11-23(40-28(34)39-22-7-5-21(6-8-22)32(36)37)17-20(29)4-9-26-25(29)12-15-30(2)24(13-16-31(26,30)35)19-3-10-27(33)38-18-19;2*1-27-12-9-20(37-26(34)30-15-3-4-24(31)32)16-19(27)6-7-23-22(27)10-13-28(2)21(11-14-29(23,28)35)18-5-8-25(33)36-17-18;5-3-1-2-4(6)7;/h3,5-8,10,18,20,23-26,35H,4,9,11-17H2,1-2H3;2*5,8,17,19-23,35H,3-4,6-7,9-16H2,1-2H3,(H,30,34)(H,31,32);1-3,5H2,(H,6,7);1H4/t20-,23+,24-,25+,26-,29+,30-,31+;2*19-,20+,21-,22+,23-,27+,28-,29+;;/m111../s1. The summed E-state index contributed by atoms with van der Waals surface area (Å²) in [6, 6.07) is 15.4. The number of fused-ring (bicyclic) bond motifs is 15. The highest BCUT2D eigenvalue weighted by molar-refractivity contribution is 5.69. The summed E-state index contributed by atoms with van der Waals surface area (Å²) in [4.78, 5) is 113. The number of aliphatic hydroxyl groups is 3. The fourth-order valence-electron chi connectivity index (χ4n) is 27.6. The van der Waals surface area contributed by atoms with E-state index in [4.69, 9.17) is 53.3 Å². The molecule has 12 saturated carbocycles. The second kappa shape index (κ2) is 37.4. The summed E-state index contributed by atoms with van der Waals surface area (Å²) in [7, 11) is 0. The van der Waals surface area contributed by atoms with Gasteiger partial charge in [0, 0.05) is 78.9 Å². The van der Waals surface area contributed by atoms with Gasteiger partial charge in [0.05, 0.1) is 40.5 Å². The molecule has 0 saturated heterocycles. The van der Waals surface area contributed by atoms with Crippen LogP contribution in [0.1, 0.15) is 295 Å². The van der Waals surface area contributed by atoms with Crippen LogP contribution in [0.2, 0.25) is 0 Å². The lowest BCUT2D eigenvalue weighted by molar-refractivity contribution is -0.384. The highest BCUT2D eigenvalue weighted by Crippen LogP contribution is 2.74. The third-order valence-electron chi connectivity index (χ3n) is 34.1. The quantitative estimate of drug-likeness (QED) is 0.0105. The molecule has 0 aliphatic heterocycles. The number of nitrogens with one attached hydrogen (secondary N) is 2. The van der Waals surface area contributed by atoms with Gasteiger partial charge in [-0.25, -0.2) is 28.8 Å². The van der Waals surface area contributed by atoms with Gasteiger partial charge in [0.25, 0.3) is 5.69 Å². The van der Waals surface area contributed by atoms with E-state index in [1.54, 1.807) is 18.8 Å². The minimum atomic E-state index is -0.869. The number of hydrogen-bond acceptors (Lipinski definition) is 22. The van der Waals surface area contributed by atoms with Crippen molar-refractivity contribution in [1.29, 1.82) is 0 Å². The van der Waals surface area contributed by atoms with Crippen molar-refractivity contribution in [3.05, 3.63) is 138 Å². The van der Waals surface area contributed by atoms with Crippen LogP contribution in [0.25, 0.3) is 0 Å². The monoisotopic (exact) mass is 1700 g/mol. The van der Waals surface area contributed by atoms with E-state index >= 15 is 0 Å². The number of benzene rings is 1. The number of ether oxygens (including phenoxy) is 4. The first-order valence-corrected chi connectivity index (χ1v) is 44.7. The van der Waals surface area contributed by atoms with Crippen LogP contribution < -0.4 is 38.0 Å². The number of carbonyl (C=O) groups is 6. The molecule has 4 aromatic rings. The van der Waals surface area contributed by atoms with Crippen molar-refractivity contribution in [3.63, 3.8) is 0 Å². The number of hydrogen-bond donors (Lipinski definition) is 9. The number of amides is 2. The smallest absolute Gasteiger partial charge is 0.481 e. The molecule has 28 nitrogen and oxygen atoms in total. The van der Waals surface area contributed by atoms with E-state index in [0.29, 0.717) is 74.4 Å². The second-order valence-corrected chi connectivity index (χ2v) is 39.4. The predicted octanol–water partition coefficient (Wildman–Crippen LogP) is 16.5. The lowest BCUT2D eigenvalue weighted by Crippen LogP contribution is -2.62. The van der Waals surface area contributed by atoms with E-state index in [-0.39, 0.29) is 141 Å². The average molecular weight is 1700 g/mol. The fourth-order valence-corrected chi connectivity index (χ4v) is 27.6. The lowest BCUT2D eigenvalue weighted by Gasteiger charge is -2.63. The highest BCUT2D eigenvalue weighted by Gasteiger charge is 2.71. The number of carbonyl (C=O) groups excluding carboxylic acids is 3. The van der Waals surface area contributed by atoms with Crippen LogP contribution in [0.5, 0.6) is 5.75 Å². The molecular formula is C94H132N4O24. The minimum absolute atomic E-state index is 0. The summed E-state index contributed by atoms with van der Waals surface area (Å²) < 4.78 is 38.0. The molecule has 12 aliphatic carbocycles. The predicted molar refractivity (Wildman–Crippen MR) is 450 cm³/mol. The van der Waals surface area contributed by atoms with Gasteiger partial charge in [0.2, 0.25) is 0 Å². The van der Waals surface area contributed by atoms with Gasteiger partial charge in [-0.15, -0.1) is 0 Å². The Morgan fingerprint density at radius 3 is 1.06 bits per heavy atom. The Bertz CT molecular complexity index is 4340. The van der Waals surface area contributed by atoms with Crippen LogP contribution in [-0.2, 0) is 28.6 Å². The molecule has 122 heavy (non-hydrogen) atoms. The number of nitrogens with two attached hydrogens (primary N) is 1. The topological polar surface area (TPSA) is 445 Å². The zero-order chi connectivity index (χ0) is 86.8. The van der Waals surface area contributed by atoms with Gasteiger partial charge in [0.15, 0.2) is 0 Å². The van der Waals surface area contributed by atoms with Gasteiger partial charge in [-0.2, -0.15) is 0 Å². The molecule has 0 spiro atoms. The molecule has 3 aromatic heterocycles. The van der Waals surface area contributed by atoms with Crippen LogP contribution in [0.3, 0.4) is 0 Å². The molecule has 12 fully saturated rings. The zero-order valence-corrected chi connectivity index (χ0v) is 71.2. The summed E-state index contributed by atoms with van der Waals surface area (Å²) in [5.41, 5.74) is 4.32. The molecule has 10 N–H and O–H groups in total. The van der Waals surface area contributed by atoms with Crippen molar-refractivity contribution < 1.29 is 96.5 Å². The minimum Gasteiger partial charge on any atom is -0.481 e. The number of alkyl carbamates (subject to hydrolysis) is 2.